The Balaban J connectivity index is 2.20. The minimum atomic E-state index is 0.576. The molecule has 2 nitrogen and oxygen atoms in total. The molecule has 2 atom stereocenters. The van der Waals surface area contributed by atoms with E-state index in [-0.39, 0.29) is 0 Å². The number of nitrogens with zero attached hydrogens (tertiary/aromatic N) is 2. The Morgan fingerprint density at radius 1 is 1.47 bits per heavy atom. The van der Waals surface area contributed by atoms with E-state index in [0.717, 1.165) is 5.92 Å². The SMILES string of the molecule is CCC1CCCCC1n1cncc1CCl. The van der Waals surface area contributed by atoms with Crippen LogP contribution in [0, 0.1) is 5.92 Å². The molecule has 0 saturated heterocycles. The van der Waals surface area contributed by atoms with Crippen LogP contribution in [0.4, 0.5) is 0 Å². The van der Waals surface area contributed by atoms with Gasteiger partial charge < -0.3 is 4.57 Å². The molecule has 1 fully saturated rings. The van der Waals surface area contributed by atoms with Gasteiger partial charge in [0.05, 0.1) is 17.9 Å². The minimum absolute atomic E-state index is 0.576. The molecule has 0 aromatic carbocycles. The Bertz CT molecular complexity index is 308. The molecule has 1 saturated carbocycles. The van der Waals surface area contributed by atoms with Crippen LogP contribution in [0.25, 0.3) is 0 Å². The predicted molar refractivity (Wildman–Crippen MR) is 63.1 cm³/mol. The van der Waals surface area contributed by atoms with Crippen molar-refractivity contribution in [2.45, 2.75) is 50.9 Å². The summed E-state index contributed by atoms with van der Waals surface area (Å²) in [7, 11) is 0. The van der Waals surface area contributed by atoms with Crippen molar-refractivity contribution in [2.24, 2.45) is 5.92 Å². The van der Waals surface area contributed by atoms with Gasteiger partial charge in [0.25, 0.3) is 0 Å². The van der Waals surface area contributed by atoms with Crippen molar-refractivity contribution in [2.75, 3.05) is 0 Å². The predicted octanol–water partition coefficient (Wildman–Crippen LogP) is 3.76. The van der Waals surface area contributed by atoms with Crippen LogP contribution in [0.3, 0.4) is 0 Å². The first-order chi connectivity index (χ1) is 7.36. The lowest BCUT2D eigenvalue weighted by Crippen LogP contribution is -2.23. The number of hydrogen-bond donors (Lipinski definition) is 0. The lowest BCUT2D eigenvalue weighted by molar-refractivity contribution is 0.229. The van der Waals surface area contributed by atoms with Crippen molar-refractivity contribution in [1.82, 2.24) is 9.55 Å². The van der Waals surface area contributed by atoms with Crippen molar-refractivity contribution >= 4 is 11.6 Å². The number of halogens is 1. The largest absolute Gasteiger partial charge is 0.330 e. The lowest BCUT2D eigenvalue weighted by Gasteiger charge is -2.32. The summed E-state index contributed by atoms with van der Waals surface area (Å²) < 4.78 is 2.31. The molecule has 0 spiro atoms. The van der Waals surface area contributed by atoms with E-state index in [2.05, 4.69) is 16.5 Å². The molecule has 1 aliphatic rings. The molecule has 2 unspecified atom stereocenters. The van der Waals surface area contributed by atoms with Gasteiger partial charge in [-0.3, -0.25) is 0 Å². The van der Waals surface area contributed by atoms with E-state index in [4.69, 9.17) is 11.6 Å². The summed E-state index contributed by atoms with van der Waals surface area (Å²) in [6.45, 7) is 2.29. The fraction of sp³-hybridized carbons (Fsp3) is 0.750. The average molecular weight is 227 g/mol. The van der Waals surface area contributed by atoms with E-state index in [1.54, 1.807) is 0 Å². The van der Waals surface area contributed by atoms with Crippen LogP contribution in [0.2, 0.25) is 0 Å². The highest BCUT2D eigenvalue weighted by Crippen LogP contribution is 2.36. The van der Waals surface area contributed by atoms with Gasteiger partial charge in [0.2, 0.25) is 0 Å². The molecule has 0 bridgehead atoms. The Kier molecular flexibility index (Phi) is 3.68. The first-order valence-corrected chi connectivity index (χ1v) is 6.47. The summed E-state index contributed by atoms with van der Waals surface area (Å²) in [5.74, 6) is 1.39. The van der Waals surface area contributed by atoms with Gasteiger partial charge in [-0.25, -0.2) is 4.98 Å². The topological polar surface area (TPSA) is 17.8 Å². The van der Waals surface area contributed by atoms with Gasteiger partial charge in [-0.05, 0) is 18.8 Å². The van der Waals surface area contributed by atoms with Crippen molar-refractivity contribution in [3.8, 4) is 0 Å². The lowest BCUT2D eigenvalue weighted by atomic mass is 9.82. The van der Waals surface area contributed by atoms with Gasteiger partial charge >= 0.3 is 0 Å². The molecule has 0 amide bonds. The Hall–Kier alpha value is -0.500. The molecule has 0 radical (unpaired) electrons. The highest BCUT2D eigenvalue weighted by molar-refractivity contribution is 6.16. The zero-order valence-electron chi connectivity index (χ0n) is 9.32. The molecule has 1 heterocycles. The molecular weight excluding hydrogens is 208 g/mol. The van der Waals surface area contributed by atoms with Gasteiger partial charge in [-0.15, -0.1) is 11.6 Å². The van der Waals surface area contributed by atoms with Crippen LogP contribution in [-0.4, -0.2) is 9.55 Å². The van der Waals surface area contributed by atoms with Crippen LogP contribution < -0.4 is 0 Å². The van der Waals surface area contributed by atoms with E-state index in [9.17, 15) is 0 Å². The molecule has 1 aromatic heterocycles. The summed E-state index contributed by atoms with van der Waals surface area (Å²) in [6, 6.07) is 0.639. The van der Waals surface area contributed by atoms with Crippen LogP contribution >= 0.6 is 11.6 Å². The number of hydrogen-bond acceptors (Lipinski definition) is 1. The number of aromatic nitrogens is 2. The van der Waals surface area contributed by atoms with E-state index in [1.165, 1.54) is 37.8 Å². The monoisotopic (exact) mass is 226 g/mol. The van der Waals surface area contributed by atoms with E-state index >= 15 is 0 Å². The Morgan fingerprint density at radius 3 is 3.00 bits per heavy atom. The Morgan fingerprint density at radius 2 is 2.27 bits per heavy atom. The summed E-state index contributed by atoms with van der Waals surface area (Å²) in [6.07, 6.45) is 10.5. The van der Waals surface area contributed by atoms with Gasteiger partial charge in [-0.1, -0.05) is 26.2 Å². The molecule has 1 aliphatic carbocycles. The fourth-order valence-electron chi connectivity index (χ4n) is 2.76. The molecule has 84 valence electrons. The maximum Gasteiger partial charge on any atom is 0.0951 e. The third-order valence-corrected chi connectivity index (χ3v) is 3.91. The van der Waals surface area contributed by atoms with E-state index < -0.39 is 0 Å². The molecule has 15 heavy (non-hydrogen) atoms. The molecule has 0 aliphatic heterocycles. The third-order valence-electron chi connectivity index (χ3n) is 3.63. The number of alkyl halides is 1. The van der Waals surface area contributed by atoms with Crippen LogP contribution in [-0.2, 0) is 5.88 Å². The zero-order chi connectivity index (χ0) is 10.7. The molecular formula is C12H19ClN2. The number of imidazole rings is 1. The molecule has 0 N–H and O–H groups in total. The molecule has 1 aromatic rings. The van der Waals surface area contributed by atoms with E-state index in [0.29, 0.717) is 11.9 Å². The van der Waals surface area contributed by atoms with Crippen molar-refractivity contribution < 1.29 is 0 Å². The zero-order valence-corrected chi connectivity index (χ0v) is 10.1. The quantitative estimate of drug-likeness (QED) is 0.718. The summed E-state index contributed by atoms with van der Waals surface area (Å²) in [4.78, 5) is 4.22. The molecule has 2 rings (SSSR count). The second kappa shape index (κ2) is 5.02. The van der Waals surface area contributed by atoms with Crippen molar-refractivity contribution in [3.05, 3.63) is 18.2 Å². The smallest absolute Gasteiger partial charge is 0.0951 e. The standard InChI is InChI=1S/C12H19ClN2/c1-2-10-5-3-4-6-12(10)15-9-14-8-11(15)7-13/h8-10,12H,2-7H2,1H3. The van der Waals surface area contributed by atoms with Crippen molar-refractivity contribution in [1.29, 1.82) is 0 Å². The van der Waals surface area contributed by atoms with Crippen LogP contribution in [0.1, 0.15) is 50.8 Å². The van der Waals surface area contributed by atoms with Crippen LogP contribution in [0.15, 0.2) is 12.5 Å². The van der Waals surface area contributed by atoms with Crippen LogP contribution in [0.5, 0.6) is 0 Å². The van der Waals surface area contributed by atoms with Crippen molar-refractivity contribution in [3.63, 3.8) is 0 Å². The number of rotatable bonds is 3. The fourth-order valence-corrected chi connectivity index (χ4v) is 2.97. The summed E-state index contributed by atoms with van der Waals surface area (Å²) >= 11 is 5.92. The van der Waals surface area contributed by atoms with Gasteiger partial charge in [0.15, 0.2) is 0 Å². The first kappa shape index (κ1) is 11.0. The average Bonchev–Trinajstić information content (AvgIpc) is 2.76. The highest BCUT2D eigenvalue weighted by Gasteiger charge is 2.25. The third kappa shape index (κ3) is 2.20. The highest BCUT2D eigenvalue weighted by atomic mass is 35.5. The van der Waals surface area contributed by atoms with Gasteiger partial charge in [0, 0.05) is 12.2 Å². The minimum Gasteiger partial charge on any atom is -0.330 e. The normalized spacial score (nSPS) is 26.8. The van der Waals surface area contributed by atoms with E-state index in [1.807, 2.05) is 12.5 Å². The first-order valence-electron chi connectivity index (χ1n) is 5.93. The maximum absolute atomic E-state index is 5.92. The summed E-state index contributed by atoms with van der Waals surface area (Å²) in [5, 5.41) is 0. The van der Waals surface area contributed by atoms with Gasteiger partial charge in [-0.2, -0.15) is 0 Å². The maximum atomic E-state index is 5.92. The second-order valence-corrected chi connectivity index (χ2v) is 4.71. The summed E-state index contributed by atoms with van der Waals surface area (Å²) in [5.41, 5.74) is 1.17. The van der Waals surface area contributed by atoms with Gasteiger partial charge in [0.1, 0.15) is 0 Å². The second-order valence-electron chi connectivity index (χ2n) is 4.45. The Labute approximate surface area is 96.7 Å². The molecule has 3 heteroatoms.